The van der Waals surface area contributed by atoms with Crippen molar-refractivity contribution in [3.8, 4) is 5.75 Å². The van der Waals surface area contributed by atoms with Crippen molar-refractivity contribution in [3.05, 3.63) is 53.6 Å². The van der Waals surface area contributed by atoms with Crippen LogP contribution in [0.1, 0.15) is 33.6 Å². The third-order valence-corrected chi connectivity index (χ3v) is 5.84. The molecule has 1 saturated heterocycles. The average Bonchev–Trinajstić information content (AvgIpc) is 2.74. The van der Waals surface area contributed by atoms with Crippen LogP contribution in [0.4, 0.5) is 17.2 Å². The van der Waals surface area contributed by atoms with E-state index in [2.05, 4.69) is 42.4 Å². The largest absolute Gasteiger partial charge is 0.496 e. The number of anilines is 3. The van der Waals surface area contributed by atoms with E-state index in [1.54, 1.807) is 7.11 Å². The van der Waals surface area contributed by atoms with Crippen molar-refractivity contribution < 1.29 is 4.74 Å². The van der Waals surface area contributed by atoms with Crippen molar-refractivity contribution in [2.24, 2.45) is 0 Å². The minimum atomic E-state index is 0. The molecule has 1 fully saturated rings. The fourth-order valence-electron chi connectivity index (χ4n) is 4.28. The van der Waals surface area contributed by atoms with Crippen LogP contribution in [0.5, 0.6) is 5.75 Å². The molecule has 1 aliphatic rings. The number of hydrogen-bond acceptors (Lipinski definition) is 5. The SMILES string of the molecule is COc1cccc2nc(Nc3ccc(Cl)cc3)cc(N3CCC(NC(C)(C)C)CC3)c12.Cl. The summed E-state index contributed by atoms with van der Waals surface area (Å²) in [5.74, 6) is 1.67. The third-order valence-electron chi connectivity index (χ3n) is 5.58. The number of halogens is 2. The fourth-order valence-corrected chi connectivity index (χ4v) is 4.40. The predicted molar refractivity (Wildman–Crippen MR) is 138 cm³/mol. The molecule has 0 amide bonds. The van der Waals surface area contributed by atoms with E-state index in [1.165, 1.54) is 0 Å². The van der Waals surface area contributed by atoms with Gasteiger partial charge in [0.2, 0.25) is 0 Å². The maximum Gasteiger partial charge on any atom is 0.133 e. The number of benzene rings is 2. The van der Waals surface area contributed by atoms with Gasteiger partial charge in [0, 0.05) is 41.4 Å². The smallest absolute Gasteiger partial charge is 0.133 e. The topological polar surface area (TPSA) is 49.4 Å². The number of ether oxygens (including phenoxy) is 1. The number of pyridine rings is 1. The lowest BCUT2D eigenvalue weighted by Gasteiger charge is -2.38. The molecule has 2 aromatic carbocycles. The summed E-state index contributed by atoms with van der Waals surface area (Å²) in [5, 5.41) is 8.96. The number of piperidine rings is 1. The zero-order valence-corrected chi connectivity index (χ0v) is 20.7. The summed E-state index contributed by atoms with van der Waals surface area (Å²) in [5.41, 5.74) is 3.17. The summed E-state index contributed by atoms with van der Waals surface area (Å²) in [4.78, 5) is 7.32. The van der Waals surface area contributed by atoms with Crippen molar-refractivity contribution in [3.63, 3.8) is 0 Å². The standard InChI is InChI=1S/C25H31ClN4O.ClH/c1-25(2,3)29-19-12-14-30(15-13-19)21-16-23(27-18-10-8-17(26)9-11-18)28-20-6-5-7-22(31-4)24(20)21;/h5-11,16,19,29H,12-15H2,1-4H3,(H,27,28);1H. The van der Waals surface area contributed by atoms with E-state index in [1.807, 2.05) is 42.5 Å². The zero-order valence-electron chi connectivity index (χ0n) is 19.1. The maximum absolute atomic E-state index is 6.04. The van der Waals surface area contributed by atoms with Crippen molar-refractivity contribution in [1.82, 2.24) is 10.3 Å². The van der Waals surface area contributed by atoms with E-state index in [0.29, 0.717) is 11.1 Å². The van der Waals surface area contributed by atoms with Crippen LogP contribution in [0.15, 0.2) is 48.5 Å². The highest BCUT2D eigenvalue weighted by Crippen LogP contribution is 2.37. The lowest BCUT2D eigenvalue weighted by Crippen LogP contribution is -2.49. The molecule has 7 heteroatoms. The summed E-state index contributed by atoms with van der Waals surface area (Å²) in [7, 11) is 1.72. The van der Waals surface area contributed by atoms with E-state index in [0.717, 1.165) is 59.8 Å². The van der Waals surface area contributed by atoms with Crippen LogP contribution in [-0.2, 0) is 0 Å². The number of fused-ring (bicyclic) bond motifs is 1. The molecule has 0 spiro atoms. The van der Waals surface area contributed by atoms with Gasteiger partial charge in [0.25, 0.3) is 0 Å². The number of methoxy groups -OCH3 is 1. The first kappa shape index (κ1) is 24.4. The molecule has 0 saturated carbocycles. The van der Waals surface area contributed by atoms with Gasteiger partial charge in [-0.3, -0.25) is 0 Å². The van der Waals surface area contributed by atoms with Crippen molar-refractivity contribution in [2.45, 2.75) is 45.2 Å². The average molecular weight is 475 g/mol. The van der Waals surface area contributed by atoms with E-state index in [4.69, 9.17) is 21.3 Å². The molecule has 2 N–H and O–H groups in total. The quantitative estimate of drug-likeness (QED) is 0.446. The third kappa shape index (κ3) is 5.77. The molecule has 0 bridgehead atoms. The van der Waals surface area contributed by atoms with Crippen LogP contribution in [0.25, 0.3) is 10.9 Å². The number of aromatic nitrogens is 1. The maximum atomic E-state index is 6.04. The Labute approximate surface area is 201 Å². The Morgan fingerprint density at radius 3 is 2.38 bits per heavy atom. The van der Waals surface area contributed by atoms with Crippen molar-refractivity contribution in [2.75, 3.05) is 30.4 Å². The molecule has 3 aromatic rings. The molecule has 0 atom stereocenters. The molecule has 4 rings (SSSR count). The summed E-state index contributed by atoms with van der Waals surface area (Å²) >= 11 is 6.04. The van der Waals surface area contributed by atoms with Gasteiger partial charge < -0.3 is 20.3 Å². The molecular formula is C25H32Cl2N4O. The van der Waals surface area contributed by atoms with Crippen LogP contribution in [0, 0.1) is 0 Å². The minimum absolute atomic E-state index is 0. The molecular weight excluding hydrogens is 443 g/mol. The summed E-state index contributed by atoms with van der Waals surface area (Å²) < 4.78 is 5.70. The van der Waals surface area contributed by atoms with E-state index < -0.39 is 0 Å². The Morgan fingerprint density at radius 1 is 1.06 bits per heavy atom. The predicted octanol–water partition coefficient (Wildman–Crippen LogP) is 6.42. The van der Waals surface area contributed by atoms with Gasteiger partial charge in [0.15, 0.2) is 0 Å². The lowest BCUT2D eigenvalue weighted by atomic mass is 9.99. The normalized spacial score (nSPS) is 14.8. The van der Waals surface area contributed by atoms with Crippen LogP contribution in [0.3, 0.4) is 0 Å². The van der Waals surface area contributed by atoms with Gasteiger partial charge in [-0.05, 0) is 70.0 Å². The molecule has 172 valence electrons. The van der Waals surface area contributed by atoms with Crippen molar-refractivity contribution >= 4 is 52.1 Å². The molecule has 1 aliphatic heterocycles. The first-order valence-electron chi connectivity index (χ1n) is 10.9. The highest BCUT2D eigenvalue weighted by molar-refractivity contribution is 6.30. The Bertz CT molecular complexity index is 1040. The highest BCUT2D eigenvalue weighted by atomic mass is 35.5. The molecule has 1 aromatic heterocycles. The number of rotatable bonds is 5. The van der Waals surface area contributed by atoms with Gasteiger partial charge in [0.05, 0.1) is 23.7 Å². The Hall–Kier alpha value is -2.21. The van der Waals surface area contributed by atoms with Crippen molar-refractivity contribution in [1.29, 1.82) is 0 Å². The van der Waals surface area contributed by atoms with Crippen LogP contribution < -0.4 is 20.3 Å². The lowest BCUT2D eigenvalue weighted by molar-refractivity contribution is 0.317. The zero-order chi connectivity index (χ0) is 22.0. The highest BCUT2D eigenvalue weighted by Gasteiger charge is 2.25. The van der Waals surface area contributed by atoms with Crippen LogP contribution in [0.2, 0.25) is 5.02 Å². The van der Waals surface area contributed by atoms with Gasteiger partial charge >= 0.3 is 0 Å². The van der Waals surface area contributed by atoms with Gasteiger partial charge in [-0.1, -0.05) is 17.7 Å². The molecule has 0 aliphatic carbocycles. The number of nitrogens with one attached hydrogen (secondary N) is 2. The van der Waals surface area contributed by atoms with E-state index in [-0.39, 0.29) is 17.9 Å². The Kier molecular flexibility index (Phi) is 7.75. The second-order valence-electron chi connectivity index (χ2n) is 9.17. The molecule has 2 heterocycles. The van der Waals surface area contributed by atoms with Gasteiger partial charge in [-0.15, -0.1) is 12.4 Å². The monoisotopic (exact) mass is 474 g/mol. The molecule has 0 radical (unpaired) electrons. The second kappa shape index (κ2) is 10.2. The summed E-state index contributed by atoms with van der Waals surface area (Å²) in [6.07, 6.45) is 2.21. The van der Waals surface area contributed by atoms with Crippen LogP contribution in [-0.4, -0.2) is 36.8 Å². The summed E-state index contributed by atoms with van der Waals surface area (Å²) in [6, 6.07) is 16.4. The Morgan fingerprint density at radius 2 is 1.75 bits per heavy atom. The molecule has 0 unspecified atom stereocenters. The number of nitrogens with zero attached hydrogens (tertiary/aromatic N) is 2. The van der Waals surface area contributed by atoms with E-state index >= 15 is 0 Å². The summed E-state index contributed by atoms with van der Waals surface area (Å²) in [6.45, 7) is 8.68. The first-order valence-corrected chi connectivity index (χ1v) is 11.2. The van der Waals surface area contributed by atoms with E-state index in [9.17, 15) is 0 Å². The minimum Gasteiger partial charge on any atom is -0.496 e. The molecule has 32 heavy (non-hydrogen) atoms. The van der Waals surface area contributed by atoms with Gasteiger partial charge in [-0.25, -0.2) is 4.98 Å². The first-order chi connectivity index (χ1) is 14.8. The number of hydrogen-bond donors (Lipinski definition) is 2. The second-order valence-corrected chi connectivity index (χ2v) is 9.61. The Balaban J connectivity index is 0.00000289. The van der Waals surface area contributed by atoms with Gasteiger partial charge in [-0.2, -0.15) is 0 Å². The van der Waals surface area contributed by atoms with Crippen LogP contribution >= 0.6 is 24.0 Å². The fraction of sp³-hybridized carbons (Fsp3) is 0.400. The van der Waals surface area contributed by atoms with Gasteiger partial charge in [0.1, 0.15) is 11.6 Å². The molecule has 5 nitrogen and oxygen atoms in total.